The second kappa shape index (κ2) is 7.24. The summed E-state index contributed by atoms with van der Waals surface area (Å²) in [4.78, 5) is 11.5. The van der Waals surface area contributed by atoms with E-state index in [1.807, 2.05) is 20.8 Å². The molecule has 4 nitrogen and oxygen atoms in total. The van der Waals surface area contributed by atoms with E-state index in [0.29, 0.717) is 19.5 Å². The van der Waals surface area contributed by atoms with Crippen LogP contribution in [-0.2, 0) is 6.54 Å². The van der Waals surface area contributed by atoms with Crippen LogP contribution in [0.2, 0.25) is 0 Å². The average Bonchev–Trinajstić information content (AvgIpc) is 2.37. The zero-order valence-corrected chi connectivity index (χ0v) is 12.2. The molecule has 0 saturated carbocycles. The summed E-state index contributed by atoms with van der Waals surface area (Å²) in [5.41, 5.74) is 0.642. The zero-order chi connectivity index (χ0) is 15.2. The minimum absolute atomic E-state index is 0.188. The second-order valence-corrected chi connectivity index (χ2v) is 5.91. The molecule has 0 aliphatic carbocycles. The van der Waals surface area contributed by atoms with Gasteiger partial charge >= 0.3 is 6.03 Å². The van der Waals surface area contributed by atoms with E-state index in [1.54, 1.807) is 12.1 Å². The van der Waals surface area contributed by atoms with E-state index in [-0.39, 0.29) is 17.3 Å². The lowest BCUT2D eigenvalue weighted by Crippen LogP contribution is -2.38. The highest BCUT2D eigenvalue weighted by Gasteiger charge is 2.21. The fraction of sp³-hybridized carbons (Fsp3) is 0.533. The zero-order valence-electron chi connectivity index (χ0n) is 12.2. The maximum Gasteiger partial charge on any atom is 0.315 e. The van der Waals surface area contributed by atoms with Crippen molar-refractivity contribution in [3.8, 4) is 0 Å². The first-order valence-corrected chi connectivity index (χ1v) is 6.73. The van der Waals surface area contributed by atoms with Crippen molar-refractivity contribution in [1.29, 1.82) is 0 Å². The number of carbonyl (C=O) groups excluding carboxylic acids is 1. The Morgan fingerprint density at radius 2 is 1.85 bits per heavy atom. The van der Waals surface area contributed by atoms with Gasteiger partial charge in [-0.15, -0.1) is 0 Å². The number of hydrogen-bond donors (Lipinski definition) is 3. The van der Waals surface area contributed by atoms with Crippen LogP contribution in [-0.4, -0.2) is 23.8 Å². The van der Waals surface area contributed by atoms with E-state index in [2.05, 4.69) is 10.6 Å². The molecule has 2 amide bonds. The van der Waals surface area contributed by atoms with Gasteiger partial charge in [0.1, 0.15) is 5.82 Å². The van der Waals surface area contributed by atoms with Crippen molar-refractivity contribution >= 4 is 6.03 Å². The first-order valence-electron chi connectivity index (χ1n) is 6.73. The summed E-state index contributed by atoms with van der Waals surface area (Å²) in [6.45, 7) is 6.60. The van der Waals surface area contributed by atoms with Crippen molar-refractivity contribution in [3.63, 3.8) is 0 Å². The van der Waals surface area contributed by atoms with Gasteiger partial charge in [0.25, 0.3) is 0 Å². The smallest absolute Gasteiger partial charge is 0.315 e. The molecule has 20 heavy (non-hydrogen) atoms. The van der Waals surface area contributed by atoms with Crippen LogP contribution in [0.1, 0.15) is 32.8 Å². The molecule has 0 unspecified atom stereocenters. The molecule has 0 fully saturated rings. The molecule has 1 rings (SSSR count). The van der Waals surface area contributed by atoms with Crippen LogP contribution in [0, 0.1) is 11.2 Å². The molecule has 0 heterocycles. The highest BCUT2D eigenvalue weighted by atomic mass is 19.1. The van der Waals surface area contributed by atoms with Crippen molar-refractivity contribution in [2.75, 3.05) is 6.54 Å². The Hall–Kier alpha value is -1.62. The minimum atomic E-state index is -0.458. The predicted molar refractivity (Wildman–Crippen MR) is 76.7 cm³/mol. The van der Waals surface area contributed by atoms with E-state index < -0.39 is 6.10 Å². The normalized spacial score (nSPS) is 12.8. The third kappa shape index (κ3) is 6.02. The molecule has 0 aliphatic rings. The lowest BCUT2D eigenvalue weighted by Gasteiger charge is -2.25. The summed E-state index contributed by atoms with van der Waals surface area (Å²) < 4.78 is 12.7. The van der Waals surface area contributed by atoms with Crippen LogP contribution >= 0.6 is 0 Å². The van der Waals surface area contributed by atoms with Gasteiger partial charge in [-0.05, 0) is 29.5 Å². The number of rotatable bonds is 5. The summed E-state index contributed by atoms with van der Waals surface area (Å²) in [6, 6.07) is 5.66. The van der Waals surface area contributed by atoms with Crippen LogP contribution in [0.4, 0.5) is 9.18 Å². The largest absolute Gasteiger partial charge is 0.393 e. The highest BCUT2D eigenvalue weighted by Crippen LogP contribution is 2.20. The van der Waals surface area contributed by atoms with Gasteiger partial charge in [-0.1, -0.05) is 32.9 Å². The van der Waals surface area contributed by atoms with Crippen molar-refractivity contribution in [1.82, 2.24) is 10.6 Å². The topological polar surface area (TPSA) is 61.4 Å². The van der Waals surface area contributed by atoms with Crippen molar-refractivity contribution in [2.45, 2.75) is 39.8 Å². The summed E-state index contributed by atoms with van der Waals surface area (Å²) >= 11 is 0. The van der Waals surface area contributed by atoms with Crippen molar-refractivity contribution in [3.05, 3.63) is 35.6 Å². The monoisotopic (exact) mass is 282 g/mol. The summed E-state index contributed by atoms with van der Waals surface area (Å²) in [5.74, 6) is -0.297. The molecule has 3 N–H and O–H groups in total. The lowest BCUT2D eigenvalue weighted by atomic mass is 9.87. The first-order chi connectivity index (χ1) is 9.29. The quantitative estimate of drug-likeness (QED) is 0.776. The molecule has 112 valence electrons. The Balaban J connectivity index is 2.22. The van der Waals surface area contributed by atoms with Crippen LogP contribution in [0.15, 0.2) is 24.3 Å². The maximum atomic E-state index is 12.7. The minimum Gasteiger partial charge on any atom is -0.393 e. The number of benzene rings is 1. The van der Waals surface area contributed by atoms with E-state index >= 15 is 0 Å². The molecule has 0 aromatic heterocycles. The fourth-order valence-corrected chi connectivity index (χ4v) is 1.60. The molecule has 1 aromatic carbocycles. The lowest BCUT2D eigenvalue weighted by molar-refractivity contribution is 0.0564. The molecular weight excluding hydrogens is 259 g/mol. The highest BCUT2D eigenvalue weighted by molar-refractivity contribution is 5.73. The van der Waals surface area contributed by atoms with Crippen LogP contribution in [0.5, 0.6) is 0 Å². The molecule has 0 radical (unpaired) electrons. The Morgan fingerprint density at radius 1 is 1.25 bits per heavy atom. The van der Waals surface area contributed by atoms with E-state index in [0.717, 1.165) is 5.56 Å². The molecule has 1 atom stereocenters. The number of urea groups is 1. The van der Waals surface area contributed by atoms with Gasteiger partial charge in [0.2, 0.25) is 0 Å². The van der Waals surface area contributed by atoms with Crippen molar-refractivity contribution in [2.24, 2.45) is 5.41 Å². The van der Waals surface area contributed by atoms with Crippen LogP contribution in [0.25, 0.3) is 0 Å². The average molecular weight is 282 g/mol. The number of amides is 2. The van der Waals surface area contributed by atoms with E-state index in [1.165, 1.54) is 12.1 Å². The third-order valence-corrected chi connectivity index (χ3v) is 3.07. The summed E-state index contributed by atoms with van der Waals surface area (Å²) in [6.07, 6.45) is 0.0490. The van der Waals surface area contributed by atoms with Gasteiger partial charge in [-0.3, -0.25) is 0 Å². The number of aliphatic hydroxyl groups is 1. The SMILES string of the molecule is CC(C)(C)[C@H](O)CCNC(=O)NCc1ccc(F)cc1. The number of hydrogen-bond acceptors (Lipinski definition) is 2. The number of nitrogens with one attached hydrogen (secondary N) is 2. The summed E-state index contributed by atoms with van der Waals surface area (Å²) in [5, 5.41) is 15.2. The van der Waals surface area contributed by atoms with Gasteiger partial charge in [-0.25, -0.2) is 9.18 Å². The number of carbonyl (C=O) groups is 1. The predicted octanol–water partition coefficient (Wildman–Crippen LogP) is 2.42. The molecule has 0 spiro atoms. The standard InChI is InChI=1S/C15H23FN2O2/c1-15(2,3)13(19)8-9-17-14(20)18-10-11-4-6-12(16)7-5-11/h4-7,13,19H,8-10H2,1-3H3,(H2,17,18,20)/t13-/m1/s1. The van der Waals surface area contributed by atoms with Gasteiger partial charge < -0.3 is 15.7 Å². The Labute approximate surface area is 119 Å². The second-order valence-electron chi connectivity index (χ2n) is 5.91. The first kappa shape index (κ1) is 16.4. The number of halogens is 1. The van der Waals surface area contributed by atoms with Crippen LogP contribution < -0.4 is 10.6 Å². The molecule has 5 heteroatoms. The molecule has 1 aromatic rings. The van der Waals surface area contributed by atoms with Crippen LogP contribution in [0.3, 0.4) is 0 Å². The maximum absolute atomic E-state index is 12.7. The van der Waals surface area contributed by atoms with Gasteiger partial charge in [0.15, 0.2) is 0 Å². The van der Waals surface area contributed by atoms with Gasteiger partial charge in [0.05, 0.1) is 6.10 Å². The number of aliphatic hydroxyl groups excluding tert-OH is 1. The van der Waals surface area contributed by atoms with Crippen molar-refractivity contribution < 1.29 is 14.3 Å². The summed E-state index contributed by atoms with van der Waals surface area (Å²) in [7, 11) is 0. The Morgan fingerprint density at radius 3 is 2.40 bits per heavy atom. The molecular formula is C15H23FN2O2. The van der Waals surface area contributed by atoms with E-state index in [4.69, 9.17) is 0 Å². The van der Waals surface area contributed by atoms with Gasteiger partial charge in [-0.2, -0.15) is 0 Å². The fourth-order valence-electron chi connectivity index (χ4n) is 1.60. The third-order valence-electron chi connectivity index (χ3n) is 3.07. The van der Waals surface area contributed by atoms with E-state index in [9.17, 15) is 14.3 Å². The Kier molecular flexibility index (Phi) is 5.95. The Bertz CT molecular complexity index is 426. The van der Waals surface area contributed by atoms with Gasteiger partial charge in [0, 0.05) is 13.1 Å². The molecule has 0 bridgehead atoms. The molecule has 0 aliphatic heterocycles. The molecule has 0 saturated heterocycles.